The minimum atomic E-state index is -0.228. The molecule has 0 aromatic carbocycles. The Balaban J connectivity index is 2.14. The summed E-state index contributed by atoms with van der Waals surface area (Å²) in [4.78, 5) is 15.6. The van der Waals surface area contributed by atoms with Gasteiger partial charge in [-0.2, -0.15) is 0 Å². The van der Waals surface area contributed by atoms with Crippen LogP contribution in [0.5, 0.6) is 0 Å². The number of rotatable bonds is 7. The van der Waals surface area contributed by atoms with E-state index in [4.69, 9.17) is 9.15 Å². The van der Waals surface area contributed by atoms with Gasteiger partial charge in [0.2, 0.25) is 0 Å². The van der Waals surface area contributed by atoms with Gasteiger partial charge in [-0.25, -0.2) is 0 Å². The Bertz CT molecular complexity index is 390. The molecule has 0 unspecified atom stereocenters. The molecule has 0 radical (unpaired) electrons. The molecule has 1 heterocycles. The first-order valence-corrected chi connectivity index (χ1v) is 6.03. The number of methoxy groups -OCH3 is 1. The van der Waals surface area contributed by atoms with Crippen LogP contribution in [-0.2, 0) is 4.74 Å². The lowest BCUT2D eigenvalue weighted by Gasteiger charge is -2.11. The van der Waals surface area contributed by atoms with Gasteiger partial charge in [-0.15, -0.1) is 0 Å². The fourth-order valence-electron chi connectivity index (χ4n) is 1.34. The van der Waals surface area contributed by atoms with E-state index in [0.29, 0.717) is 38.0 Å². The summed E-state index contributed by atoms with van der Waals surface area (Å²) in [5.74, 6) is 0.751. The molecule has 0 saturated carbocycles. The Hall–Kier alpha value is -2.02. The van der Waals surface area contributed by atoms with E-state index in [1.807, 2.05) is 0 Å². The maximum Gasteiger partial charge on any atom is 0.287 e. The van der Waals surface area contributed by atoms with Crippen molar-refractivity contribution in [1.82, 2.24) is 16.0 Å². The molecule has 0 fully saturated rings. The van der Waals surface area contributed by atoms with E-state index in [2.05, 4.69) is 20.9 Å². The van der Waals surface area contributed by atoms with Crippen molar-refractivity contribution in [3.05, 3.63) is 24.2 Å². The Labute approximate surface area is 112 Å². The number of ether oxygens (including phenoxy) is 1. The van der Waals surface area contributed by atoms with E-state index in [0.717, 1.165) is 0 Å². The summed E-state index contributed by atoms with van der Waals surface area (Å²) in [6.45, 7) is 2.33. The first kappa shape index (κ1) is 15.0. The number of aliphatic imine (C=N–C) groups is 1. The lowest BCUT2D eigenvalue weighted by atomic mass is 10.4. The molecule has 0 saturated heterocycles. The number of hydrogen-bond donors (Lipinski definition) is 3. The minimum Gasteiger partial charge on any atom is -0.459 e. The number of furan rings is 1. The van der Waals surface area contributed by atoms with Crippen LogP contribution in [0.3, 0.4) is 0 Å². The number of hydrogen-bond acceptors (Lipinski definition) is 4. The number of guanidine groups is 1. The summed E-state index contributed by atoms with van der Waals surface area (Å²) in [7, 11) is 3.33. The predicted octanol–water partition coefficient (Wildman–Crippen LogP) is -0.179. The summed E-state index contributed by atoms with van der Waals surface area (Å²) < 4.78 is 9.90. The summed E-state index contributed by atoms with van der Waals surface area (Å²) in [6.07, 6.45) is 1.47. The molecule has 0 atom stereocenters. The quantitative estimate of drug-likeness (QED) is 0.363. The second-order valence-corrected chi connectivity index (χ2v) is 3.65. The van der Waals surface area contributed by atoms with Gasteiger partial charge in [0.1, 0.15) is 0 Å². The van der Waals surface area contributed by atoms with E-state index in [1.165, 1.54) is 6.26 Å². The zero-order chi connectivity index (χ0) is 13.9. The molecule has 0 bridgehead atoms. The van der Waals surface area contributed by atoms with Gasteiger partial charge in [0.25, 0.3) is 5.91 Å². The van der Waals surface area contributed by atoms with Gasteiger partial charge in [-0.3, -0.25) is 9.79 Å². The molecular formula is C12H20N4O3. The molecule has 1 amide bonds. The van der Waals surface area contributed by atoms with Crippen LogP contribution in [0.15, 0.2) is 27.8 Å². The predicted molar refractivity (Wildman–Crippen MR) is 72.3 cm³/mol. The minimum absolute atomic E-state index is 0.228. The van der Waals surface area contributed by atoms with Crippen molar-refractivity contribution in [2.24, 2.45) is 4.99 Å². The molecule has 0 aliphatic rings. The van der Waals surface area contributed by atoms with Gasteiger partial charge < -0.3 is 25.1 Å². The summed E-state index contributed by atoms with van der Waals surface area (Å²) in [6, 6.07) is 3.29. The van der Waals surface area contributed by atoms with Crippen molar-refractivity contribution in [3.63, 3.8) is 0 Å². The van der Waals surface area contributed by atoms with Crippen molar-refractivity contribution in [2.45, 2.75) is 0 Å². The van der Waals surface area contributed by atoms with Gasteiger partial charge >= 0.3 is 0 Å². The van der Waals surface area contributed by atoms with E-state index in [9.17, 15) is 4.79 Å². The molecule has 1 aromatic heterocycles. The van der Waals surface area contributed by atoms with Crippen molar-refractivity contribution in [2.75, 3.05) is 40.4 Å². The highest BCUT2D eigenvalue weighted by atomic mass is 16.5. The van der Waals surface area contributed by atoms with Crippen LogP contribution < -0.4 is 16.0 Å². The number of amides is 1. The number of nitrogens with one attached hydrogen (secondary N) is 3. The second kappa shape index (κ2) is 8.98. The zero-order valence-corrected chi connectivity index (χ0v) is 11.2. The largest absolute Gasteiger partial charge is 0.459 e. The highest BCUT2D eigenvalue weighted by Crippen LogP contribution is 1.98. The maximum absolute atomic E-state index is 11.5. The first-order valence-electron chi connectivity index (χ1n) is 6.03. The fraction of sp³-hybridized carbons (Fsp3) is 0.500. The molecule has 106 valence electrons. The second-order valence-electron chi connectivity index (χ2n) is 3.65. The van der Waals surface area contributed by atoms with E-state index in [1.54, 1.807) is 26.3 Å². The molecule has 7 heteroatoms. The first-order chi connectivity index (χ1) is 9.27. The Morgan fingerprint density at radius 3 is 2.68 bits per heavy atom. The molecule has 0 aliphatic heterocycles. The highest BCUT2D eigenvalue weighted by Gasteiger charge is 2.06. The molecule has 0 spiro atoms. The zero-order valence-electron chi connectivity index (χ0n) is 11.2. The van der Waals surface area contributed by atoms with Gasteiger partial charge in [0.15, 0.2) is 11.7 Å². The summed E-state index contributed by atoms with van der Waals surface area (Å²) >= 11 is 0. The Morgan fingerprint density at radius 1 is 1.32 bits per heavy atom. The fourth-order valence-corrected chi connectivity index (χ4v) is 1.34. The molecule has 1 rings (SSSR count). The summed E-state index contributed by atoms with van der Waals surface area (Å²) in [5.41, 5.74) is 0. The monoisotopic (exact) mass is 268 g/mol. The average molecular weight is 268 g/mol. The number of carbonyl (C=O) groups is 1. The Kier molecular flexibility index (Phi) is 7.11. The van der Waals surface area contributed by atoms with Crippen molar-refractivity contribution < 1.29 is 13.9 Å². The van der Waals surface area contributed by atoms with Crippen LogP contribution in [0.1, 0.15) is 10.6 Å². The smallest absolute Gasteiger partial charge is 0.287 e. The van der Waals surface area contributed by atoms with Crippen molar-refractivity contribution >= 4 is 11.9 Å². The standard InChI is InChI=1S/C12H20N4O3/c1-13-12(16-7-9-18-2)15-6-5-14-11(17)10-4-3-8-19-10/h3-4,8H,5-7,9H2,1-2H3,(H,14,17)(H2,13,15,16). The van der Waals surface area contributed by atoms with Crippen LogP contribution in [0.4, 0.5) is 0 Å². The molecule has 1 aromatic rings. The normalized spacial score (nSPS) is 11.2. The van der Waals surface area contributed by atoms with Gasteiger partial charge in [0, 0.05) is 33.8 Å². The molecule has 7 nitrogen and oxygen atoms in total. The lowest BCUT2D eigenvalue weighted by Crippen LogP contribution is -2.42. The van der Waals surface area contributed by atoms with Crippen LogP contribution in [-0.4, -0.2) is 52.3 Å². The third-order valence-corrected chi connectivity index (χ3v) is 2.27. The number of nitrogens with zero attached hydrogens (tertiary/aromatic N) is 1. The van der Waals surface area contributed by atoms with Crippen LogP contribution in [0.25, 0.3) is 0 Å². The van der Waals surface area contributed by atoms with Crippen LogP contribution >= 0.6 is 0 Å². The van der Waals surface area contributed by atoms with Crippen LogP contribution in [0.2, 0.25) is 0 Å². The molecule has 19 heavy (non-hydrogen) atoms. The van der Waals surface area contributed by atoms with Gasteiger partial charge in [-0.05, 0) is 12.1 Å². The van der Waals surface area contributed by atoms with E-state index in [-0.39, 0.29) is 5.91 Å². The van der Waals surface area contributed by atoms with Crippen molar-refractivity contribution in [3.8, 4) is 0 Å². The maximum atomic E-state index is 11.5. The Morgan fingerprint density at radius 2 is 2.05 bits per heavy atom. The highest BCUT2D eigenvalue weighted by molar-refractivity contribution is 5.91. The van der Waals surface area contributed by atoms with Gasteiger partial charge in [0.05, 0.1) is 12.9 Å². The molecule has 3 N–H and O–H groups in total. The van der Waals surface area contributed by atoms with E-state index >= 15 is 0 Å². The summed E-state index contributed by atoms with van der Waals surface area (Å²) in [5, 5.41) is 8.86. The van der Waals surface area contributed by atoms with Crippen LogP contribution in [0, 0.1) is 0 Å². The third-order valence-electron chi connectivity index (χ3n) is 2.27. The molecule has 0 aliphatic carbocycles. The number of carbonyl (C=O) groups excluding carboxylic acids is 1. The third kappa shape index (κ3) is 5.91. The van der Waals surface area contributed by atoms with E-state index < -0.39 is 0 Å². The SMILES string of the molecule is CN=C(NCCNC(=O)c1ccco1)NCCOC. The molecular weight excluding hydrogens is 248 g/mol. The lowest BCUT2D eigenvalue weighted by molar-refractivity contribution is 0.0926. The van der Waals surface area contributed by atoms with Crippen molar-refractivity contribution in [1.29, 1.82) is 0 Å². The van der Waals surface area contributed by atoms with Gasteiger partial charge in [-0.1, -0.05) is 0 Å². The average Bonchev–Trinajstić information content (AvgIpc) is 2.95. The topological polar surface area (TPSA) is 87.9 Å².